The molecule has 0 aliphatic heterocycles. The highest BCUT2D eigenvalue weighted by Crippen LogP contribution is 2.34. The maximum atomic E-state index is 12.4. The minimum absolute atomic E-state index is 0.151. The maximum absolute atomic E-state index is 12.4. The smallest absolute Gasteiger partial charge is 0.253 e. The van der Waals surface area contributed by atoms with E-state index in [1.54, 1.807) is 30.3 Å². The first-order chi connectivity index (χ1) is 10.5. The maximum Gasteiger partial charge on any atom is 0.253 e. The Kier molecular flexibility index (Phi) is 5.63. The van der Waals surface area contributed by atoms with Gasteiger partial charge in [0.25, 0.3) is 5.91 Å². The summed E-state index contributed by atoms with van der Waals surface area (Å²) >= 11 is 12.1. The third kappa shape index (κ3) is 3.90. The molecular formula is C16H16Cl2N2O2. The molecule has 1 aromatic carbocycles. The molecule has 0 radical (unpaired) electrons. The van der Waals surface area contributed by atoms with E-state index in [0.717, 1.165) is 5.69 Å². The second-order valence-electron chi connectivity index (χ2n) is 4.77. The Hall–Kier alpha value is -1.78. The summed E-state index contributed by atoms with van der Waals surface area (Å²) in [5.41, 5.74) is 1.37. The highest BCUT2D eigenvalue weighted by atomic mass is 35.5. The van der Waals surface area contributed by atoms with Crippen LogP contribution in [0.3, 0.4) is 0 Å². The molecule has 116 valence electrons. The predicted molar refractivity (Wildman–Crippen MR) is 87.9 cm³/mol. The fourth-order valence-corrected chi connectivity index (χ4v) is 2.67. The third-order valence-corrected chi connectivity index (χ3v) is 3.79. The van der Waals surface area contributed by atoms with Gasteiger partial charge >= 0.3 is 0 Å². The Morgan fingerprint density at radius 2 is 1.95 bits per heavy atom. The van der Waals surface area contributed by atoms with Gasteiger partial charge in [0, 0.05) is 37.5 Å². The molecular weight excluding hydrogens is 323 g/mol. The van der Waals surface area contributed by atoms with Crippen molar-refractivity contribution in [3.63, 3.8) is 0 Å². The van der Waals surface area contributed by atoms with Crippen LogP contribution in [0.5, 0.6) is 5.75 Å². The van der Waals surface area contributed by atoms with Gasteiger partial charge in [0.2, 0.25) is 0 Å². The number of amides is 1. The summed E-state index contributed by atoms with van der Waals surface area (Å²) in [7, 11) is 3.21. The first kappa shape index (κ1) is 16.6. The van der Waals surface area contributed by atoms with Crippen LogP contribution in [0.1, 0.15) is 16.1 Å². The van der Waals surface area contributed by atoms with E-state index in [9.17, 15) is 4.79 Å². The summed E-state index contributed by atoms with van der Waals surface area (Å²) in [6.45, 7) is 0.553. The molecule has 0 atom stereocenters. The van der Waals surface area contributed by atoms with Crippen LogP contribution in [-0.2, 0) is 6.42 Å². The molecule has 0 spiro atoms. The molecule has 0 aliphatic carbocycles. The Labute approximate surface area is 139 Å². The van der Waals surface area contributed by atoms with E-state index in [-0.39, 0.29) is 5.91 Å². The van der Waals surface area contributed by atoms with Crippen molar-refractivity contribution in [1.29, 1.82) is 0 Å². The molecule has 0 bridgehead atoms. The molecule has 2 rings (SSSR count). The largest absolute Gasteiger partial charge is 0.494 e. The highest BCUT2D eigenvalue weighted by molar-refractivity contribution is 6.37. The number of rotatable bonds is 5. The fraction of sp³-hybridized carbons (Fsp3) is 0.250. The Bertz CT molecular complexity index is 639. The number of hydrogen-bond acceptors (Lipinski definition) is 3. The first-order valence-electron chi connectivity index (χ1n) is 6.71. The molecule has 22 heavy (non-hydrogen) atoms. The summed E-state index contributed by atoms with van der Waals surface area (Å²) in [5.74, 6) is 0.221. The lowest BCUT2D eigenvalue weighted by Crippen LogP contribution is -2.29. The number of benzene rings is 1. The van der Waals surface area contributed by atoms with Crippen LogP contribution >= 0.6 is 23.2 Å². The Balaban J connectivity index is 2.07. The van der Waals surface area contributed by atoms with Crippen LogP contribution < -0.4 is 4.74 Å². The average Bonchev–Trinajstić information content (AvgIpc) is 2.52. The molecule has 2 aromatic rings. The van der Waals surface area contributed by atoms with Gasteiger partial charge in [-0.15, -0.1) is 0 Å². The van der Waals surface area contributed by atoms with Crippen LogP contribution in [0.2, 0.25) is 10.0 Å². The lowest BCUT2D eigenvalue weighted by molar-refractivity contribution is 0.0796. The van der Waals surface area contributed by atoms with Crippen molar-refractivity contribution in [2.75, 3.05) is 20.7 Å². The summed E-state index contributed by atoms with van der Waals surface area (Å²) in [5, 5.41) is 0.632. The summed E-state index contributed by atoms with van der Waals surface area (Å²) < 4.78 is 5.08. The quantitative estimate of drug-likeness (QED) is 0.834. The predicted octanol–water partition coefficient (Wildman–Crippen LogP) is 3.71. The second-order valence-corrected chi connectivity index (χ2v) is 5.59. The van der Waals surface area contributed by atoms with Crippen molar-refractivity contribution >= 4 is 29.1 Å². The van der Waals surface area contributed by atoms with Crippen LogP contribution in [0.15, 0.2) is 36.5 Å². The summed E-state index contributed by atoms with van der Waals surface area (Å²) in [4.78, 5) is 18.3. The summed E-state index contributed by atoms with van der Waals surface area (Å²) in [6.07, 6.45) is 2.42. The van der Waals surface area contributed by atoms with Crippen LogP contribution in [0, 0.1) is 0 Å². The molecule has 0 saturated carbocycles. The molecule has 0 fully saturated rings. The van der Waals surface area contributed by atoms with Crippen molar-refractivity contribution < 1.29 is 9.53 Å². The van der Waals surface area contributed by atoms with E-state index < -0.39 is 0 Å². The van der Waals surface area contributed by atoms with E-state index in [1.165, 1.54) is 7.11 Å². The molecule has 0 unspecified atom stereocenters. The number of halogens is 2. The van der Waals surface area contributed by atoms with Gasteiger partial charge in [-0.2, -0.15) is 0 Å². The molecule has 0 N–H and O–H groups in total. The van der Waals surface area contributed by atoms with Gasteiger partial charge in [0.1, 0.15) is 0 Å². The van der Waals surface area contributed by atoms with E-state index in [1.807, 2.05) is 18.2 Å². The third-order valence-electron chi connectivity index (χ3n) is 3.23. The molecule has 1 heterocycles. The Morgan fingerprint density at radius 3 is 2.50 bits per heavy atom. The van der Waals surface area contributed by atoms with Crippen molar-refractivity contribution in [3.8, 4) is 5.75 Å². The Morgan fingerprint density at radius 1 is 1.27 bits per heavy atom. The van der Waals surface area contributed by atoms with Gasteiger partial charge in [0.05, 0.1) is 17.2 Å². The number of methoxy groups -OCH3 is 1. The van der Waals surface area contributed by atoms with Crippen LogP contribution in [-0.4, -0.2) is 36.5 Å². The number of aromatic nitrogens is 1. The highest BCUT2D eigenvalue weighted by Gasteiger charge is 2.16. The van der Waals surface area contributed by atoms with E-state index in [2.05, 4.69) is 4.98 Å². The van der Waals surface area contributed by atoms with Gasteiger partial charge in [-0.25, -0.2) is 0 Å². The van der Waals surface area contributed by atoms with E-state index in [0.29, 0.717) is 34.3 Å². The SMILES string of the molecule is COc1c(Cl)cc(C(=O)N(C)CCc2ccccn2)cc1Cl. The second kappa shape index (κ2) is 7.47. The van der Waals surface area contributed by atoms with Gasteiger partial charge in [-0.3, -0.25) is 9.78 Å². The van der Waals surface area contributed by atoms with Crippen molar-refractivity contribution in [3.05, 3.63) is 57.8 Å². The number of carbonyl (C=O) groups excluding carboxylic acids is 1. The van der Waals surface area contributed by atoms with Gasteiger partial charge in [0.15, 0.2) is 5.75 Å². The minimum atomic E-state index is -0.151. The minimum Gasteiger partial charge on any atom is -0.494 e. The number of likely N-dealkylation sites (N-methyl/N-ethyl adjacent to an activating group) is 1. The molecule has 0 saturated heterocycles. The van der Waals surface area contributed by atoms with Crippen molar-refractivity contribution in [2.24, 2.45) is 0 Å². The topological polar surface area (TPSA) is 42.4 Å². The van der Waals surface area contributed by atoms with E-state index >= 15 is 0 Å². The zero-order valence-corrected chi connectivity index (χ0v) is 13.9. The fourth-order valence-electron chi connectivity index (χ4n) is 2.03. The van der Waals surface area contributed by atoms with E-state index in [4.69, 9.17) is 27.9 Å². The molecule has 6 heteroatoms. The van der Waals surface area contributed by atoms with Crippen LogP contribution in [0.4, 0.5) is 0 Å². The number of hydrogen-bond donors (Lipinski definition) is 0. The lowest BCUT2D eigenvalue weighted by atomic mass is 10.2. The zero-order chi connectivity index (χ0) is 16.1. The number of ether oxygens (including phenoxy) is 1. The van der Waals surface area contributed by atoms with Crippen molar-refractivity contribution in [2.45, 2.75) is 6.42 Å². The van der Waals surface area contributed by atoms with Gasteiger partial charge in [-0.1, -0.05) is 29.3 Å². The van der Waals surface area contributed by atoms with Crippen LogP contribution in [0.25, 0.3) is 0 Å². The molecule has 0 aliphatic rings. The molecule has 1 amide bonds. The molecule has 4 nitrogen and oxygen atoms in total. The zero-order valence-electron chi connectivity index (χ0n) is 12.3. The normalized spacial score (nSPS) is 10.4. The lowest BCUT2D eigenvalue weighted by Gasteiger charge is -2.18. The number of carbonyl (C=O) groups is 1. The number of pyridine rings is 1. The monoisotopic (exact) mass is 338 g/mol. The van der Waals surface area contributed by atoms with Gasteiger partial charge in [-0.05, 0) is 24.3 Å². The molecule has 1 aromatic heterocycles. The van der Waals surface area contributed by atoms with Crippen molar-refractivity contribution in [1.82, 2.24) is 9.88 Å². The first-order valence-corrected chi connectivity index (χ1v) is 7.47. The van der Waals surface area contributed by atoms with Gasteiger partial charge < -0.3 is 9.64 Å². The standard InChI is InChI=1S/C16H16Cl2N2O2/c1-20(8-6-12-5-3-4-7-19-12)16(21)11-9-13(17)15(22-2)14(18)10-11/h3-5,7,9-10H,6,8H2,1-2H3. The average molecular weight is 339 g/mol. The summed E-state index contributed by atoms with van der Waals surface area (Å²) in [6, 6.07) is 8.84. The number of nitrogens with zero attached hydrogens (tertiary/aromatic N) is 2.